The molecule has 2 fully saturated rings. The van der Waals surface area contributed by atoms with Crippen molar-refractivity contribution < 1.29 is 22.0 Å². The van der Waals surface area contributed by atoms with E-state index in [1.54, 1.807) is 11.0 Å². The predicted octanol–water partition coefficient (Wildman–Crippen LogP) is 2.81. The summed E-state index contributed by atoms with van der Waals surface area (Å²) in [6.45, 7) is 0. The monoisotopic (exact) mass is 422 g/mol. The fraction of sp³-hybridized carbons (Fsp3) is 0.263. The van der Waals surface area contributed by atoms with E-state index in [0.717, 1.165) is 0 Å². The van der Waals surface area contributed by atoms with Crippen LogP contribution >= 0.6 is 11.8 Å². The molecule has 5 nitrogen and oxygen atoms in total. The van der Waals surface area contributed by atoms with Crippen molar-refractivity contribution in [3.8, 4) is 0 Å². The van der Waals surface area contributed by atoms with Crippen LogP contribution in [-0.4, -0.2) is 42.3 Å². The zero-order valence-corrected chi connectivity index (χ0v) is 16.2. The molecule has 0 aromatic heterocycles. The maximum Gasteiger partial charge on any atom is 0.252 e. The first-order valence-corrected chi connectivity index (χ1v) is 11.3. The van der Waals surface area contributed by atoms with Crippen LogP contribution in [0.3, 0.4) is 0 Å². The predicted molar refractivity (Wildman–Crippen MR) is 105 cm³/mol. The Hall–Kier alpha value is -2.26. The molecule has 2 heterocycles. The van der Waals surface area contributed by atoms with Crippen molar-refractivity contribution >= 4 is 38.4 Å². The molecular formula is C19H16F2N2O3S2. The summed E-state index contributed by atoms with van der Waals surface area (Å²) in [4.78, 5) is 18.2. The number of carbonyl (C=O) groups excluding carboxylic acids is 1. The molecule has 4 rings (SSSR count). The molecule has 1 amide bonds. The van der Waals surface area contributed by atoms with E-state index >= 15 is 0 Å². The molecule has 0 saturated carbocycles. The standard InChI is InChI=1S/C19H16F2N2O3S2/c20-13-6-4-12(5-7-13)8-18(24)22-19-23(15-3-1-2-14(21)9-15)16-10-28(25,26)11-17(16)27-19/h1-7,9,16-17H,8,10-11H2/t16-,17+/m1/s1. The molecule has 9 heteroatoms. The van der Waals surface area contributed by atoms with Crippen LogP contribution in [-0.2, 0) is 21.1 Å². The molecule has 2 aromatic carbocycles. The Balaban J connectivity index is 1.63. The largest absolute Gasteiger partial charge is 0.315 e. The van der Waals surface area contributed by atoms with E-state index in [9.17, 15) is 22.0 Å². The highest BCUT2D eigenvalue weighted by Gasteiger charge is 2.49. The summed E-state index contributed by atoms with van der Waals surface area (Å²) < 4.78 is 50.8. The zero-order valence-electron chi connectivity index (χ0n) is 14.6. The SMILES string of the molecule is O=C(Cc1ccc(F)cc1)N=C1S[C@H]2CS(=O)(=O)C[C@H]2N1c1cccc(F)c1. The van der Waals surface area contributed by atoms with Crippen LogP contribution in [0, 0.1) is 11.6 Å². The van der Waals surface area contributed by atoms with Crippen molar-refractivity contribution in [2.24, 2.45) is 4.99 Å². The topological polar surface area (TPSA) is 66.8 Å². The fourth-order valence-corrected chi connectivity index (χ4v) is 7.35. The summed E-state index contributed by atoms with van der Waals surface area (Å²) in [7, 11) is -3.19. The van der Waals surface area contributed by atoms with Gasteiger partial charge in [0.05, 0.1) is 24.0 Å². The van der Waals surface area contributed by atoms with E-state index < -0.39 is 27.6 Å². The van der Waals surface area contributed by atoms with Crippen LogP contribution in [0.1, 0.15) is 5.56 Å². The van der Waals surface area contributed by atoms with Crippen molar-refractivity contribution in [3.63, 3.8) is 0 Å². The average molecular weight is 422 g/mol. The summed E-state index contributed by atoms with van der Waals surface area (Å²) in [5, 5.41) is 0.105. The number of fused-ring (bicyclic) bond motifs is 1. The summed E-state index contributed by atoms with van der Waals surface area (Å²) in [5.74, 6) is -1.34. The second-order valence-electron chi connectivity index (χ2n) is 6.74. The van der Waals surface area contributed by atoms with Crippen molar-refractivity contribution in [2.45, 2.75) is 17.7 Å². The number of nitrogens with zero attached hydrogens (tertiary/aromatic N) is 2. The van der Waals surface area contributed by atoms with Gasteiger partial charge in [0.2, 0.25) is 0 Å². The highest BCUT2D eigenvalue weighted by molar-refractivity contribution is 8.16. The average Bonchev–Trinajstić information content (AvgIpc) is 3.07. The third-order valence-electron chi connectivity index (χ3n) is 4.64. The number of halogens is 2. The minimum Gasteiger partial charge on any atom is -0.315 e. The van der Waals surface area contributed by atoms with Gasteiger partial charge in [0.1, 0.15) is 11.6 Å². The summed E-state index contributed by atoms with van der Waals surface area (Å²) in [6, 6.07) is 11.0. The first-order valence-electron chi connectivity index (χ1n) is 8.58. The van der Waals surface area contributed by atoms with Crippen molar-refractivity contribution in [3.05, 3.63) is 65.7 Å². The Morgan fingerprint density at radius 1 is 1.11 bits per heavy atom. The van der Waals surface area contributed by atoms with E-state index in [0.29, 0.717) is 16.4 Å². The normalized spacial score (nSPS) is 24.5. The van der Waals surface area contributed by atoms with Gasteiger partial charge >= 0.3 is 0 Å². The number of anilines is 1. The van der Waals surface area contributed by atoms with Gasteiger partial charge in [-0.15, -0.1) is 0 Å². The van der Waals surface area contributed by atoms with Gasteiger partial charge < -0.3 is 4.90 Å². The molecule has 0 radical (unpaired) electrons. The summed E-state index contributed by atoms with van der Waals surface area (Å²) in [5.41, 5.74) is 1.09. The van der Waals surface area contributed by atoms with E-state index in [4.69, 9.17) is 0 Å². The third-order valence-corrected chi connectivity index (χ3v) is 7.85. The maximum absolute atomic E-state index is 13.7. The van der Waals surface area contributed by atoms with Crippen molar-refractivity contribution in [2.75, 3.05) is 16.4 Å². The number of carbonyl (C=O) groups is 1. The number of hydrogen-bond donors (Lipinski definition) is 0. The first kappa shape index (κ1) is 19.1. The molecule has 2 aromatic rings. The number of rotatable bonds is 3. The number of aliphatic imine (C=N–C) groups is 1. The van der Waals surface area contributed by atoms with Crippen molar-refractivity contribution in [1.82, 2.24) is 0 Å². The number of hydrogen-bond acceptors (Lipinski definition) is 4. The molecule has 2 saturated heterocycles. The Morgan fingerprint density at radius 3 is 2.57 bits per heavy atom. The number of amides is 1. The van der Waals surface area contributed by atoms with Crippen LogP contribution in [0.25, 0.3) is 0 Å². The molecule has 0 spiro atoms. The highest BCUT2D eigenvalue weighted by atomic mass is 32.2. The highest BCUT2D eigenvalue weighted by Crippen LogP contribution is 2.41. The Labute approximate surface area is 165 Å². The minimum atomic E-state index is -3.19. The first-order chi connectivity index (χ1) is 13.3. The van der Waals surface area contributed by atoms with Crippen molar-refractivity contribution in [1.29, 1.82) is 0 Å². The van der Waals surface area contributed by atoms with Gasteiger partial charge in [-0.3, -0.25) is 4.79 Å². The molecule has 0 N–H and O–H groups in total. The fourth-order valence-electron chi connectivity index (χ4n) is 3.42. The Kier molecular flexibility index (Phi) is 4.96. The lowest BCUT2D eigenvalue weighted by Crippen LogP contribution is -2.37. The van der Waals surface area contributed by atoms with Gasteiger partial charge in [0.25, 0.3) is 5.91 Å². The van der Waals surface area contributed by atoms with E-state index in [1.807, 2.05) is 0 Å². The van der Waals surface area contributed by atoms with Gasteiger partial charge in [-0.2, -0.15) is 4.99 Å². The minimum absolute atomic E-state index is 0.000673. The molecule has 28 heavy (non-hydrogen) atoms. The number of benzene rings is 2. The second kappa shape index (κ2) is 7.29. The smallest absolute Gasteiger partial charge is 0.252 e. The lowest BCUT2D eigenvalue weighted by atomic mass is 10.1. The quantitative estimate of drug-likeness (QED) is 0.761. The Bertz CT molecular complexity index is 1060. The Morgan fingerprint density at radius 2 is 1.86 bits per heavy atom. The van der Waals surface area contributed by atoms with E-state index in [-0.39, 0.29) is 29.0 Å². The maximum atomic E-state index is 13.7. The van der Waals surface area contributed by atoms with Gasteiger partial charge in [0, 0.05) is 10.9 Å². The molecular weight excluding hydrogens is 406 g/mol. The summed E-state index contributed by atoms with van der Waals surface area (Å²) in [6.07, 6.45) is -0.00500. The lowest BCUT2D eigenvalue weighted by Gasteiger charge is -2.24. The lowest BCUT2D eigenvalue weighted by molar-refractivity contribution is -0.117. The van der Waals surface area contributed by atoms with Gasteiger partial charge in [-0.25, -0.2) is 17.2 Å². The molecule has 146 valence electrons. The van der Waals surface area contributed by atoms with Crippen LogP contribution in [0.15, 0.2) is 53.5 Å². The molecule has 0 bridgehead atoms. The third kappa shape index (κ3) is 3.95. The van der Waals surface area contributed by atoms with Crippen LogP contribution in [0.4, 0.5) is 14.5 Å². The van der Waals surface area contributed by atoms with Gasteiger partial charge in [0.15, 0.2) is 15.0 Å². The van der Waals surface area contributed by atoms with E-state index in [2.05, 4.69) is 4.99 Å². The molecule has 0 unspecified atom stereocenters. The molecule has 0 aliphatic carbocycles. The molecule has 2 aliphatic heterocycles. The number of thioether (sulfide) groups is 1. The van der Waals surface area contributed by atoms with Crippen LogP contribution in [0.5, 0.6) is 0 Å². The number of amidine groups is 1. The molecule has 2 aliphatic rings. The molecule has 2 atom stereocenters. The van der Waals surface area contributed by atoms with Gasteiger partial charge in [-0.05, 0) is 35.9 Å². The van der Waals surface area contributed by atoms with Crippen LogP contribution < -0.4 is 4.90 Å². The second-order valence-corrected chi connectivity index (χ2v) is 10.1. The zero-order chi connectivity index (χ0) is 19.9. The van der Waals surface area contributed by atoms with Gasteiger partial charge in [-0.1, -0.05) is 30.0 Å². The number of sulfone groups is 1. The summed E-state index contributed by atoms with van der Waals surface area (Å²) >= 11 is 1.23. The van der Waals surface area contributed by atoms with Crippen LogP contribution in [0.2, 0.25) is 0 Å². The van der Waals surface area contributed by atoms with E-state index in [1.165, 1.54) is 54.2 Å².